The van der Waals surface area contributed by atoms with Gasteiger partial charge in [-0.25, -0.2) is 0 Å². The third kappa shape index (κ3) is 13.6. The highest BCUT2D eigenvalue weighted by Gasteiger charge is 2.27. The van der Waals surface area contributed by atoms with Crippen LogP contribution in [-0.4, -0.2) is 110 Å². The number of nitrogens with zero attached hydrogens (tertiary/aromatic N) is 4. The van der Waals surface area contributed by atoms with Crippen molar-refractivity contribution >= 4 is 0 Å². The lowest BCUT2D eigenvalue weighted by Gasteiger charge is -2.42. The van der Waals surface area contributed by atoms with E-state index >= 15 is 0 Å². The molecule has 0 aromatic heterocycles. The number of hydrogen-bond acceptors (Lipinski definition) is 2. The van der Waals surface area contributed by atoms with Gasteiger partial charge in [-0.05, 0) is 53.4 Å². The topological polar surface area (TPSA) is 6.48 Å². The lowest BCUT2D eigenvalue weighted by molar-refractivity contribution is -0.924. The molecule has 1 rings (SSSR count). The molecule has 216 valence electrons. The first-order valence-electron chi connectivity index (χ1n) is 16.7. The lowest BCUT2D eigenvalue weighted by Crippen LogP contribution is -2.56. The van der Waals surface area contributed by atoms with E-state index in [0.29, 0.717) is 0 Å². The van der Waals surface area contributed by atoms with Gasteiger partial charge in [0.2, 0.25) is 0 Å². The van der Waals surface area contributed by atoms with Crippen molar-refractivity contribution in [3.8, 4) is 0 Å². The van der Waals surface area contributed by atoms with Crippen molar-refractivity contribution in [1.29, 1.82) is 0 Å². The molecular weight excluding hydrogens is 440 g/mol. The lowest BCUT2D eigenvalue weighted by atomic mass is 10.1. The van der Waals surface area contributed by atoms with E-state index in [0.717, 1.165) is 0 Å². The summed E-state index contributed by atoms with van der Waals surface area (Å²) >= 11 is 0. The zero-order valence-corrected chi connectivity index (χ0v) is 26.2. The number of unbranched alkanes of at least 4 members (excludes halogenated alkanes) is 10. The Morgan fingerprint density at radius 3 is 1.00 bits per heavy atom. The average molecular weight is 511 g/mol. The van der Waals surface area contributed by atoms with Gasteiger partial charge in [-0.1, -0.05) is 65.2 Å². The van der Waals surface area contributed by atoms with Gasteiger partial charge in [0, 0.05) is 39.3 Å². The maximum atomic E-state index is 2.77. The van der Waals surface area contributed by atoms with Crippen molar-refractivity contribution in [3.05, 3.63) is 0 Å². The van der Waals surface area contributed by atoms with E-state index in [2.05, 4.69) is 51.3 Å². The first-order valence-corrected chi connectivity index (χ1v) is 16.7. The molecule has 0 saturated carbocycles. The summed E-state index contributed by atoms with van der Waals surface area (Å²) in [7, 11) is 0. The zero-order valence-electron chi connectivity index (χ0n) is 26.2. The van der Waals surface area contributed by atoms with Gasteiger partial charge < -0.3 is 8.97 Å². The van der Waals surface area contributed by atoms with Crippen molar-refractivity contribution < 1.29 is 8.97 Å². The Hall–Kier alpha value is -0.160. The first kappa shape index (κ1) is 33.9. The smallest absolute Gasteiger partial charge is 0.0915 e. The molecule has 0 aromatic carbocycles. The van der Waals surface area contributed by atoms with Crippen LogP contribution < -0.4 is 0 Å². The second-order valence-corrected chi connectivity index (χ2v) is 12.1. The van der Waals surface area contributed by atoms with Gasteiger partial charge >= 0.3 is 0 Å². The molecule has 36 heavy (non-hydrogen) atoms. The largest absolute Gasteiger partial charge is 0.323 e. The fraction of sp³-hybridized carbons (Fsp3) is 1.00. The van der Waals surface area contributed by atoms with Crippen LogP contribution in [0.25, 0.3) is 0 Å². The summed E-state index contributed by atoms with van der Waals surface area (Å²) in [6, 6.07) is 0. The van der Waals surface area contributed by atoms with Gasteiger partial charge in [-0.3, -0.25) is 9.80 Å². The molecule has 1 aliphatic heterocycles. The number of rotatable bonds is 24. The molecule has 0 aliphatic carbocycles. The highest BCUT2D eigenvalue weighted by atomic mass is 15.4. The Balaban J connectivity index is 2.34. The van der Waals surface area contributed by atoms with E-state index < -0.39 is 0 Å². The Morgan fingerprint density at radius 1 is 0.389 bits per heavy atom. The molecule has 1 heterocycles. The van der Waals surface area contributed by atoms with Crippen LogP contribution in [-0.2, 0) is 0 Å². The highest BCUT2D eigenvalue weighted by molar-refractivity contribution is 4.72. The number of likely N-dealkylation sites (N-methyl/N-ethyl adjacent to an activating group) is 2. The predicted octanol–water partition coefficient (Wildman–Crippen LogP) is 7.04. The number of hydrogen-bond donors (Lipinski definition) is 0. The second-order valence-electron chi connectivity index (χ2n) is 12.1. The molecule has 0 aromatic rings. The van der Waals surface area contributed by atoms with E-state index in [1.165, 1.54) is 178 Å². The van der Waals surface area contributed by atoms with Crippen molar-refractivity contribution in [1.82, 2.24) is 9.80 Å². The van der Waals surface area contributed by atoms with Crippen molar-refractivity contribution in [3.63, 3.8) is 0 Å². The van der Waals surface area contributed by atoms with Crippen molar-refractivity contribution in [2.45, 2.75) is 119 Å². The molecule has 1 aliphatic rings. The summed E-state index contributed by atoms with van der Waals surface area (Å²) in [5, 5.41) is 0. The van der Waals surface area contributed by atoms with E-state index in [9.17, 15) is 0 Å². The van der Waals surface area contributed by atoms with E-state index in [4.69, 9.17) is 0 Å². The average Bonchev–Trinajstić information content (AvgIpc) is 2.92. The van der Waals surface area contributed by atoms with Crippen LogP contribution in [0.5, 0.6) is 0 Å². The highest BCUT2D eigenvalue weighted by Crippen LogP contribution is 2.15. The van der Waals surface area contributed by atoms with Crippen LogP contribution in [0.1, 0.15) is 119 Å². The minimum absolute atomic E-state index is 1.28. The van der Waals surface area contributed by atoms with Crippen LogP contribution in [0.2, 0.25) is 0 Å². The Labute approximate surface area is 229 Å². The van der Waals surface area contributed by atoms with E-state index in [1.807, 2.05) is 0 Å². The molecule has 0 amide bonds. The quantitative estimate of drug-likeness (QED) is 0.101. The molecule has 0 unspecified atom stereocenters. The van der Waals surface area contributed by atoms with Crippen molar-refractivity contribution in [2.75, 3.05) is 91.6 Å². The Bertz CT molecular complexity index is 435. The van der Waals surface area contributed by atoms with E-state index in [-0.39, 0.29) is 0 Å². The molecular formula is C32H70N4+2. The van der Waals surface area contributed by atoms with Crippen LogP contribution in [0.15, 0.2) is 0 Å². The maximum absolute atomic E-state index is 2.77. The first-order chi connectivity index (χ1) is 17.5. The normalized spacial score (nSPS) is 16.2. The van der Waals surface area contributed by atoms with Crippen LogP contribution in [0, 0.1) is 0 Å². The van der Waals surface area contributed by atoms with Gasteiger partial charge in [0.1, 0.15) is 0 Å². The summed E-state index contributed by atoms with van der Waals surface area (Å²) in [5.74, 6) is 0. The van der Waals surface area contributed by atoms with Crippen LogP contribution in [0.3, 0.4) is 0 Å². The zero-order chi connectivity index (χ0) is 26.5. The summed E-state index contributed by atoms with van der Waals surface area (Å²) in [6.45, 7) is 32.8. The van der Waals surface area contributed by atoms with Gasteiger partial charge in [0.15, 0.2) is 0 Å². The number of piperazine rings is 1. The Kier molecular flexibility index (Phi) is 19.5. The predicted molar refractivity (Wildman–Crippen MR) is 162 cm³/mol. The molecule has 0 radical (unpaired) electrons. The molecule has 4 nitrogen and oxygen atoms in total. The van der Waals surface area contributed by atoms with Gasteiger partial charge in [-0.15, -0.1) is 0 Å². The SMILES string of the molecule is CCCCCCCC[N+](CC)(CC)CCN1CCN(CC[N+](CC)(CC)CCCCCCCC)CC1. The summed E-state index contributed by atoms with van der Waals surface area (Å²) in [4.78, 5) is 5.54. The van der Waals surface area contributed by atoms with Crippen molar-refractivity contribution in [2.24, 2.45) is 0 Å². The maximum Gasteiger partial charge on any atom is 0.0915 e. The monoisotopic (exact) mass is 511 g/mol. The molecule has 1 saturated heterocycles. The van der Waals surface area contributed by atoms with E-state index in [1.54, 1.807) is 0 Å². The van der Waals surface area contributed by atoms with Gasteiger partial charge in [0.25, 0.3) is 0 Å². The minimum Gasteiger partial charge on any atom is -0.323 e. The van der Waals surface area contributed by atoms with Gasteiger partial charge in [0.05, 0.1) is 52.4 Å². The molecule has 1 fully saturated rings. The fourth-order valence-electron chi connectivity index (χ4n) is 6.33. The molecule has 0 bridgehead atoms. The molecule has 0 spiro atoms. The number of quaternary nitrogens is 2. The molecule has 0 atom stereocenters. The van der Waals surface area contributed by atoms with Crippen LogP contribution >= 0.6 is 0 Å². The Morgan fingerprint density at radius 2 is 0.694 bits per heavy atom. The van der Waals surface area contributed by atoms with Crippen LogP contribution in [0.4, 0.5) is 0 Å². The molecule has 4 heteroatoms. The summed E-state index contributed by atoms with van der Waals surface area (Å²) < 4.78 is 2.67. The third-order valence-electron chi connectivity index (χ3n) is 9.90. The summed E-state index contributed by atoms with van der Waals surface area (Å²) in [5.41, 5.74) is 0. The second kappa shape index (κ2) is 20.8. The summed E-state index contributed by atoms with van der Waals surface area (Å²) in [6.07, 6.45) is 17.0. The van der Waals surface area contributed by atoms with Gasteiger partial charge in [-0.2, -0.15) is 0 Å². The third-order valence-corrected chi connectivity index (χ3v) is 9.90. The minimum atomic E-state index is 1.28. The standard InChI is InChI=1S/C32H70N4/c1-7-13-15-17-19-21-29-35(9-3,10-4)31-27-33-23-25-34(26-24-33)28-32-36(11-5,12-6)30-22-20-18-16-14-8-2/h7-32H2,1-6H3/q+2. The molecule has 0 N–H and O–H groups in total. The fourth-order valence-corrected chi connectivity index (χ4v) is 6.33.